The van der Waals surface area contributed by atoms with Crippen molar-refractivity contribution in [2.24, 2.45) is 0 Å². The molecule has 6 nitrogen and oxygen atoms in total. The van der Waals surface area contributed by atoms with Crippen LogP contribution in [-0.4, -0.2) is 70.3 Å². The van der Waals surface area contributed by atoms with E-state index in [4.69, 9.17) is 5.11 Å². The van der Waals surface area contributed by atoms with E-state index >= 15 is 0 Å². The van der Waals surface area contributed by atoms with Crippen molar-refractivity contribution in [3.8, 4) is 0 Å². The first-order valence-corrected chi connectivity index (χ1v) is 7.87. The molecule has 2 aliphatic rings. The van der Waals surface area contributed by atoms with Crippen LogP contribution in [0.15, 0.2) is 0 Å². The minimum Gasteiger partial charge on any atom is -0.480 e. The highest BCUT2D eigenvalue weighted by Gasteiger charge is 2.35. The molecule has 2 saturated heterocycles. The predicted octanol–water partition coefficient (Wildman–Crippen LogP) is 0.640. The van der Waals surface area contributed by atoms with E-state index in [-0.39, 0.29) is 12.1 Å². The molecule has 2 aliphatic heterocycles. The first kappa shape index (κ1) is 14.5. The summed E-state index contributed by atoms with van der Waals surface area (Å²) in [5.74, 6) is 0.0283. The summed E-state index contributed by atoms with van der Waals surface area (Å²) in [6.45, 7) is 5.05. The number of piperidine rings is 1. The maximum atomic E-state index is 12.1. The van der Waals surface area contributed by atoms with E-state index < -0.39 is 12.0 Å². The van der Waals surface area contributed by atoms with Crippen molar-refractivity contribution in [3.63, 3.8) is 0 Å². The number of likely N-dealkylation sites (tertiary alicyclic amines) is 1. The van der Waals surface area contributed by atoms with E-state index in [0.29, 0.717) is 11.6 Å². The molecule has 2 heterocycles. The Balaban J connectivity index is 1.88. The lowest BCUT2D eigenvalue weighted by Crippen LogP contribution is -2.53. The molecule has 2 fully saturated rings. The van der Waals surface area contributed by atoms with Gasteiger partial charge in [-0.05, 0) is 25.9 Å². The molecule has 0 radical (unpaired) electrons. The highest BCUT2D eigenvalue weighted by molar-refractivity contribution is 7.99. The smallest absolute Gasteiger partial charge is 0.327 e. The zero-order valence-electron chi connectivity index (χ0n) is 11.2. The SMILES string of the molecule is CCN1CCCC(NC(=O)N2CSC[C@@H]2C(=O)O)C1. The Hall–Kier alpha value is -0.950. The Morgan fingerprint density at radius 1 is 1.47 bits per heavy atom. The van der Waals surface area contributed by atoms with E-state index in [1.54, 1.807) is 0 Å². The number of likely N-dealkylation sites (N-methyl/N-ethyl adjacent to an activating group) is 1. The number of nitrogens with zero attached hydrogens (tertiary/aromatic N) is 2. The summed E-state index contributed by atoms with van der Waals surface area (Å²) in [5.41, 5.74) is 0. The van der Waals surface area contributed by atoms with Crippen LogP contribution in [0.3, 0.4) is 0 Å². The molecule has 2 N–H and O–H groups in total. The van der Waals surface area contributed by atoms with Crippen LogP contribution in [0.5, 0.6) is 0 Å². The molecule has 0 spiro atoms. The third-order valence-corrected chi connectivity index (χ3v) is 4.72. The van der Waals surface area contributed by atoms with Gasteiger partial charge in [-0.25, -0.2) is 9.59 Å². The quantitative estimate of drug-likeness (QED) is 0.797. The normalized spacial score (nSPS) is 28.4. The number of nitrogens with one attached hydrogen (secondary N) is 1. The zero-order valence-corrected chi connectivity index (χ0v) is 12.0. The number of carbonyl (C=O) groups excluding carboxylic acids is 1. The Kier molecular flexibility index (Phi) is 4.93. The van der Waals surface area contributed by atoms with Crippen molar-refractivity contribution in [1.29, 1.82) is 0 Å². The van der Waals surface area contributed by atoms with E-state index in [2.05, 4.69) is 17.1 Å². The molecule has 0 saturated carbocycles. The lowest BCUT2D eigenvalue weighted by atomic mass is 10.1. The topological polar surface area (TPSA) is 72.9 Å². The maximum Gasteiger partial charge on any atom is 0.327 e. The van der Waals surface area contributed by atoms with Gasteiger partial charge in [0.2, 0.25) is 0 Å². The molecule has 0 aromatic carbocycles. The predicted molar refractivity (Wildman–Crippen MR) is 74.3 cm³/mol. The van der Waals surface area contributed by atoms with E-state index in [1.165, 1.54) is 16.7 Å². The molecule has 108 valence electrons. The maximum absolute atomic E-state index is 12.1. The van der Waals surface area contributed by atoms with Gasteiger partial charge in [0.25, 0.3) is 0 Å². The lowest BCUT2D eigenvalue weighted by Gasteiger charge is -2.33. The Labute approximate surface area is 117 Å². The average Bonchev–Trinajstić information content (AvgIpc) is 2.88. The van der Waals surface area contributed by atoms with Gasteiger partial charge in [0, 0.05) is 18.3 Å². The summed E-state index contributed by atoms with van der Waals surface area (Å²) in [7, 11) is 0. The molecule has 19 heavy (non-hydrogen) atoms. The standard InChI is InChI=1S/C12H21N3O3S/c1-2-14-5-3-4-9(6-14)13-12(18)15-8-19-7-10(15)11(16)17/h9-10H,2-8H2,1H3,(H,13,18)(H,16,17)/t9?,10-/m1/s1. The second-order valence-corrected chi connectivity index (χ2v) is 6.01. The van der Waals surface area contributed by atoms with Gasteiger partial charge in [-0.2, -0.15) is 0 Å². The van der Waals surface area contributed by atoms with Crippen LogP contribution in [0.2, 0.25) is 0 Å². The van der Waals surface area contributed by atoms with Gasteiger partial charge in [-0.3, -0.25) is 0 Å². The van der Waals surface area contributed by atoms with Crippen molar-refractivity contribution in [2.45, 2.75) is 31.8 Å². The van der Waals surface area contributed by atoms with Gasteiger partial charge in [0.15, 0.2) is 0 Å². The third kappa shape index (κ3) is 3.54. The fraction of sp³-hybridized carbons (Fsp3) is 0.833. The van der Waals surface area contributed by atoms with Crippen LogP contribution < -0.4 is 5.32 Å². The summed E-state index contributed by atoms with van der Waals surface area (Å²) in [5, 5.41) is 12.1. The van der Waals surface area contributed by atoms with Crippen LogP contribution in [0.1, 0.15) is 19.8 Å². The van der Waals surface area contributed by atoms with Crippen molar-refractivity contribution in [3.05, 3.63) is 0 Å². The minimum atomic E-state index is -0.918. The number of thioether (sulfide) groups is 1. The minimum absolute atomic E-state index is 0.140. The van der Waals surface area contributed by atoms with Gasteiger partial charge in [0.1, 0.15) is 6.04 Å². The monoisotopic (exact) mass is 287 g/mol. The van der Waals surface area contributed by atoms with Crippen LogP contribution >= 0.6 is 11.8 Å². The molecular weight excluding hydrogens is 266 g/mol. The van der Waals surface area contributed by atoms with Gasteiger partial charge in [-0.1, -0.05) is 6.92 Å². The lowest BCUT2D eigenvalue weighted by molar-refractivity contribution is -0.140. The Morgan fingerprint density at radius 2 is 2.26 bits per heavy atom. The molecule has 2 rings (SSSR count). The fourth-order valence-electron chi connectivity index (χ4n) is 2.57. The van der Waals surface area contributed by atoms with Crippen LogP contribution in [0, 0.1) is 0 Å². The molecule has 0 aromatic rings. The molecule has 0 aliphatic carbocycles. The number of carbonyl (C=O) groups is 2. The highest BCUT2D eigenvalue weighted by Crippen LogP contribution is 2.21. The molecule has 2 atom stereocenters. The largest absolute Gasteiger partial charge is 0.480 e. The van der Waals surface area contributed by atoms with Gasteiger partial charge in [-0.15, -0.1) is 11.8 Å². The molecular formula is C12H21N3O3S. The second-order valence-electron chi connectivity index (χ2n) is 5.01. The molecule has 7 heteroatoms. The molecule has 1 unspecified atom stereocenters. The van der Waals surface area contributed by atoms with Gasteiger partial charge < -0.3 is 20.2 Å². The first-order valence-electron chi connectivity index (χ1n) is 6.72. The summed E-state index contributed by atoms with van der Waals surface area (Å²) >= 11 is 1.49. The summed E-state index contributed by atoms with van der Waals surface area (Å²) in [4.78, 5) is 26.9. The summed E-state index contributed by atoms with van der Waals surface area (Å²) in [6, 6.07) is -0.780. The zero-order chi connectivity index (χ0) is 13.8. The first-order chi connectivity index (χ1) is 9.11. The number of carboxylic acid groups (broad SMARTS) is 1. The average molecular weight is 287 g/mol. The number of rotatable bonds is 3. The van der Waals surface area contributed by atoms with Crippen LogP contribution in [0.4, 0.5) is 4.79 Å². The number of carboxylic acids is 1. The third-order valence-electron chi connectivity index (χ3n) is 3.71. The van der Waals surface area contributed by atoms with E-state index in [9.17, 15) is 9.59 Å². The van der Waals surface area contributed by atoms with Crippen molar-refractivity contribution >= 4 is 23.8 Å². The van der Waals surface area contributed by atoms with Crippen molar-refractivity contribution in [1.82, 2.24) is 15.1 Å². The molecule has 0 aromatic heterocycles. The van der Waals surface area contributed by atoms with Crippen LogP contribution in [-0.2, 0) is 4.79 Å². The number of urea groups is 1. The molecule has 2 amide bonds. The van der Waals surface area contributed by atoms with Gasteiger partial charge in [0.05, 0.1) is 5.88 Å². The van der Waals surface area contributed by atoms with Gasteiger partial charge >= 0.3 is 12.0 Å². The fourth-order valence-corrected chi connectivity index (χ4v) is 3.71. The summed E-state index contributed by atoms with van der Waals surface area (Å²) in [6.07, 6.45) is 2.05. The van der Waals surface area contributed by atoms with Crippen molar-refractivity contribution in [2.75, 3.05) is 31.3 Å². The highest BCUT2D eigenvalue weighted by atomic mass is 32.2. The summed E-state index contributed by atoms with van der Waals surface area (Å²) < 4.78 is 0. The Bertz CT molecular complexity index is 353. The second kappa shape index (κ2) is 6.47. The Morgan fingerprint density at radius 3 is 2.95 bits per heavy atom. The number of aliphatic carboxylic acids is 1. The van der Waals surface area contributed by atoms with Crippen LogP contribution in [0.25, 0.3) is 0 Å². The van der Waals surface area contributed by atoms with E-state index in [0.717, 1.165) is 32.5 Å². The number of hydrogen-bond acceptors (Lipinski definition) is 4. The van der Waals surface area contributed by atoms with E-state index in [1.807, 2.05) is 0 Å². The molecule has 0 bridgehead atoms. The number of amides is 2. The number of hydrogen-bond donors (Lipinski definition) is 2. The van der Waals surface area contributed by atoms with Crippen molar-refractivity contribution < 1.29 is 14.7 Å².